The van der Waals surface area contributed by atoms with E-state index < -0.39 is 6.04 Å². The molecule has 2 N–H and O–H groups in total. The zero-order valence-electron chi connectivity index (χ0n) is 18.3. The lowest BCUT2D eigenvalue weighted by Crippen LogP contribution is -2.44. The molecule has 3 aromatic carbocycles. The minimum Gasteiger partial charge on any atom is -0.358 e. The summed E-state index contributed by atoms with van der Waals surface area (Å²) >= 11 is 0. The number of carbonyl (C=O) groups excluding carboxylic acids is 2. The largest absolute Gasteiger partial charge is 0.358 e. The number of fused-ring (bicyclic) bond motifs is 2. The minimum absolute atomic E-state index is 0.164. The first kappa shape index (κ1) is 20.5. The second-order valence-electron chi connectivity index (χ2n) is 8.27. The average Bonchev–Trinajstić information content (AvgIpc) is 3.32. The van der Waals surface area contributed by atoms with E-state index in [1.165, 1.54) is 0 Å². The number of amides is 2. The molecular formula is C27H22N4O2. The van der Waals surface area contributed by atoms with E-state index in [-0.39, 0.29) is 17.9 Å². The number of hydrogen-bond acceptors (Lipinski definition) is 3. The van der Waals surface area contributed by atoms with E-state index >= 15 is 0 Å². The molecule has 1 aliphatic heterocycles. The molecule has 4 aromatic rings. The Labute approximate surface area is 191 Å². The van der Waals surface area contributed by atoms with Crippen LogP contribution in [-0.2, 0) is 4.79 Å². The van der Waals surface area contributed by atoms with E-state index in [4.69, 9.17) is 5.26 Å². The SMILES string of the molecule is Cc1[nH]c2ccccc2c1C1c2ccccc2C(=O)N1C(C)C(=O)Nc1ccc(C#N)cc1. The monoisotopic (exact) mass is 434 g/mol. The first-order chi connectivity index (χ1) is 16.0. The molecule has 0 spiro atoms. The fourth-order valence-corrected chi connectivity index (χ4v) is 4.68. The van der Waals surface area contributed by atoms with Crippen LogP contribution in [0.2, 0.25) is 0 Å². The fraction of sp³-hybridized carbons (Fsp3) is 0.148. The van der Waals surface area contributed by atoms with Crippen molar-refractivity contribution in [3.63, 3.8) is 0 Å². The number of nitriles is 1. The maximum Gasteiger partial charge on any atom is 0.255 e. The van der Waals surface area contributed by atoms with E-state index in [1.807, 2.05) is 55.5 Å². The number of aromatic nitrogens is 1. The molecule has 1 aliphatic rings. The first-order valence-corrected chi connectivity index (χ1v) is 10.8. The van der Waals surface area contributed by atoms with Crippen LogP contribution >= 0.6 is 0 Å². The molecular weight excluding hydrogens is 412 g/mol. The summed E-state index contributed by atoms with van der Waals surface area (Å²) in [5.41, 5.74) is 5.57. The van der Waals surface area contributed by atoms with E-state index in [0.29, 0.717) is 16.8 Å². The maximum atomic E-state index is 13.5. The number of nitrogens with zero attached hydrogens (tertiary/aromatic N) is 2. The highest BCUT2D eigenvalue weighted by Gasteiger charge is 2.43. The smallest absolute Gasteiger partial charge is 0.255 e. The summed E-state index contributed by atoms with van der Waals surface area (Å²) in [5, 5.41) is 12.9. The van der Waals surface area contributed by atoms with Gasteiger partial charge < -0.3 is 15.2 Å². The molecule has 1 aromatic heterocycles. The highest BCUT2D eigenvalue weighted by Crippen LogP contribution is 2.43. The van der Waals surface area contributed by atoms with Crippen molar-refractivity contribution in [2.24, 2.45) is 0 Å². The van der Waals surface area contributed by atoms with Gasteiger partial charge >= 0.3 is 0 Å². The molecule has 5 rings (SSSR count). The molecule has 2 amide bonds. The summed E-state index contributed by atoms with van der Waals surface area (Å²) in [6.07, 6.45) is 0. The van der Waals surface area contributed by atoms with E-state index in [9.17, 15) is 9.59 Å². The van der Waals surface area contributed by atoms with E-state index in [0.717, 1.165) is 27.7 Å². The van der Waals surface area contributed by atoms with Gasteiger partial charge in [-0.05, 0) is 55.8 Å². The maximum absolute atomic E-state index is 13.5. The van der Waals surface area contributed by atoms with Gasteiger partial charge in [0.05, 0.1) is 17.7 Å². The lowest BCUT2D eigenvalue weighted by Gasteiger charge is -2.31. The molecule has 6 nitrogen and oxygen atoms in total. The van der Waals surface area contributed by atoms with Crippen molar-refractivity contribution in [3.8, 4) is 6.07 Å². The second-order valence-corrected chi connectivity index (χ2v) is 8.27. The number of para-hydroxylation sites is 1. The standard InChI is InChI=1S/C27H22N4O2/c1-16-24(22-9-5-6-10-23(22)29-16)25-20-7-3-4-8-21(20)27(33)31(25)17(2)26(32)30-19-13-11-18(15-28)12-14-19/h3-14,17,25,29H,1-2H3,(H,30,32). The van der Waals surface area contributed by atoms with Crippen LogP contribution in [0.25, 0.3) is 10.9 Å². The molecule has 0 fully saturated rings. The molecule has 6 heteroatoms. The van der Waals surface area contributed by atoms with Gasteiger partial charge in [-0.25, -0.2) is 0 Å². The number of hydrogen-bond donors (Lipinski definition) is 2. The molecule has 33 heavy (non-hydrogen) atoms. The Morgan fingerprint density at radius 2 is 1.76 bits per heavy atom. The van der Waals surface area contributed by atoms with E-state index in [1.54, 1.807) is 36.1 Å². The van der Waals surface area contributed by atoms with Crippen LogP contribution in [0.5, 0.6) is 0 Å². The molecule has 0 saturated heterocycles. The Balaban J connectivity index is 1.56. The van der Waals surface area contributed by atoms with Crippen molar-refractivity contribution in [2.75, 3.05) is 5.32 Å². The van der Waals surface area contributed by atoms with Crippen LogP contribution in [-0.4, -0.2) is 27.7 Å². The van der Waals surface area contributed by atoms with Crippen LogP contribution in [0, 0.1) is 18.3 Å². The zero-order chi connectivity index (χ0) is 23.1. The predicted molar refractivity (Wildman–Crippen MR) is 127 cm³/mol. The van der Waals surface area contributed by atoms with Gasteiger partial charge in [0.15, 0.2) is 0 Å². The predicted octanol–water partition coefficient (Wildman–Crippen LogP) is 4.92. The fourth-order valence-electron chi connectivity index (χ4n) is 4.68. The molecule has 2 unspecified atom stereocenters. The number of nitrogens with one attached hydrogen (secondary N) is 2. The van der Waals surface area contributed by atoms with Gasteiger partial charge in [0.25, 0.3) is 5.91 Å². The van der Waals surface area contributed by atoms with Crippen molar-refractivity contribution in [3.05, 3.63) is 101 Å². The number of carbonyl (C=O) groups is 2. The number of aryl methyl sites for hydroxylation is 1. The summed E-state index contributed by atoms with van der Waals surface area (Å²) in [6, 6.07) is 23.2. The Morgan fingerprint density at radius 1 is 1.06 bits per heavy atom. The van der Waals surface area contributed by atoms with Crippen LogP contribution in [0.4, 0.5) is 5.69 Å². The van der Waals surface area contributed by atoms with Gasteiger partial charge in [-0.15, -0.1) is 0 Å². The third kappa shape index (κ3) is 3.35. The van der Waals surface area contributed by atoms with Crippen molar-refractivity contribution in [2.45, 2.75) is 25.9 Å². The second kappa shape index (κ2) is 7.95. The van der Waals surface area contributed by atoms with Crippen molar-refractivity contribution in [1.29, 1.82) is 5.26 Å². The summed E-state index contributed by atoms with van der Waals surface area (Å²) in [7, 11) is 0. The third-order valence-corrected chi connectivity index (χ3v) is 6.29. The molecule has 0 radical (unpaired) electrons. The molecule has 2 heterocycles. The summed E-state index contributed by atoms with van der Waals surface area (Å²) in [6.45, 7) is 3.75. The molecule has 2 atom stereocenters. The highest BCUT2D eigenvalue weighted by atomic mass is 16.2. The molecule has 0 saturated carbocycles. The van der Waals surface area contributed by atoms with Crippen LogP contribution in [0.3, 0.4) is 0 Å². The van der Waals surface area contributed by atoms with Gasteiger partial charge in [-0.2, -0.15) is 5.26 Å². The van der Waals surface area contributed by atoms with E-state index in [2.05, 4.69) is 16.4 Å². The third-order valence-electron chi connectivity index (χ3n) is 6.29. The Morgan fingerprint density at radius 3 is 2.52 bits per heavy atom. The first-order valence-electron chi connectivity index (χ1n) is 10.8. The van der Waals surface area contributed by atoms with Crippen molar-refractivity contribution >= 4 is 28.4 Å². The summed E-state index contributed by atoms with van der Waals surface area (Å²) in [5.74, 6) is -0.453. The van der Waals surface area contributed by atoms with Crippen molar-refractivity contribution < 1.29 is 9.59 Å². The van der Waals surface area contributed by atoms with Crippen LogP contribution < -0.4 is 5.32 Å². The number of anilines is 1. The Bertz CT molecular complexity index is 1430. The number of aromatic amines is 1. The number of benzene rings is 3. The summed E-state index contributed by atoms with van der Waals surface area (Å²) < 4.78 is 0. The van der Waals surface area contributed by atoms with Gasteiger partial charge in [0.1, 0.15) is 6.04 Å². The quantitative estimate of drug-likeness (QED) is 0.478. The molecule has 0 bridgehead atoms. The van der Waals surface area contributed by atoms with Gasteiger partial charge in [-0.3, -0.25) is 9.59 Å². The van der Waals surface area contributed by atoms with Gasteiger partial charge in [0.2, 0.25) is 5.91 Å². The highest BCUT2D eigenvalue weighted by molar-refractivity contribution is 6.05. The molecule has 0 aliphatic carbocycles. The minimum atomic E-state index is -0.724. The Hall–Kier alpha value is -4.37. The lowest BCUT2D eigenvalue weighted by molar-refractivity contribution is -0.120. The van der Waals surface area contributed by atoms with Gasteiger partial charge in [0, 0.05) is 33.4 Å². The summed E-state index contributed by atoms with van der Waals surface area (Å²) in [4.78, 5) is 31.9. The van der Waals surface area contributed by atoms with Crippen molar-refractivity contribution in [1.82, 2.24) is 9.88 Å². The number of H-pyrrole nitrogens is 1. The Kier molecular flexibility index (Phi) is 4.95. The topological polar surface area (TPSA) is 89.0 Å². The molecule has 162 valence electrons. The number of rotatable bonds is 4. The van der Waals surface area contributed by atoms with Crippen LogP contribution in [0.15, 0.2) is 72.8 Å². The zero-order valence-corrected chi connectivity index (χ0v) is 18.3. The van der Waals surface area contributed by atoms with Gasteiger partial charge in [-0.1, -0.05) is 36.4 Å². The normalized spacial score (nSPS) is 15.8. The average molecular weight is 434 g/mol. The lowest BCUT2D eigenvalue weighted by atomic mass is 9.95. The van der Waals surface area contributed by atoms with Crippen LogP contribution in [0.1, 0.15) is 45.7 Å².